The Morgan fingerprint density at radius 3 is 2.03 bits per heavy atom. The highest BCUT2D eigenvalue weighted by molar-refractivity contribution is 5.89. The highest BCUT2D eigenvalue weighted by Crippen LogP contribution is 2.44. The molecule has 0 fully saturated rings. The summed E-state index contributed by atoms with van der Waals surface area (Å²) < 4.78 is 22.2. The Labute approximate surface area is 226 Å². The quantitative estimate of drug-likeness (QED) is 0.264. The summed E-state index contributed by atoms with van der Waals surface area (Å²) >= 11 is 0. The normalized spacial score (nSPS) is 12.7. The van der Waals surface area contributed by atoms with Crippen molar-refractivity contribution in [1.82, 2.24) is 0 Å². The van der Waals surface area contributed by atoms with Crippen LogP contribution in [0.5, 0.6) is 17.2 Å². The third-order valence-corrected chi connectivity index (χ3v) is 6.88. The predicted octanol–water partition coefficient (Wildman–Crippen LogP) is 5.75. The first kappa shape index (κ1) is 25.9. The highest BCUT2D eigenvalue weighted by Gasteiger charge is 2.29. The van der Waals surface area contributed by atoms with Crippen LogP contribution in [0.25, 0.3) is 11.1 Å². The SMILES string of the molecule is COc1cccc(CC(Oc2ccc(C(=O)OCC3c4ccccc4-c4ccccc43)cc2)C(=O)O)c1OC. The number of hydrogen-bond acceptors (Lipinski definition) is 6. The number of aliphatic carboxylic acids is 1. The lowest BCUT2D eigenvalue weighted by atomic mass is 9.98. The van der Waals surface area contributed by atoms with Crippen LogP contribution in [-0.4, -0.2) is 44.0 Å². The van der Waals surface area contributed by atoms with E-state index in [2.05, 4.69) is 24.3 Å². The van der Waals surface area contributed by atoms with Crippen LogP contribution >= 0.6 is 0 Å². The van der Waals surface area contributed by atoms with Crippen LogP contribution in [0.2, 0.25) is 0 Å². The van der Waals surface area contributed by atoms with E-state index in [1.54, 1.807) is 42.5 Å². The molecule has 1 unspecified atom stereocenters. The first-order chi connectivity index (χ1) is 19.0. The van der Waals surface area contributed by atoms with Gasteiger partial charge in [0.25, 0.3) is 0 Å². The number of carboxylic acids is 1. The summed E-state index contributed by atoms with van der Waals surface area (Å²) in [7, 11) is 3.02. The van der Waals surface area contributed by atoms with E-state index in [4.69, 9.17) is 18.9 Å². The summed E-state index contributed by atoms with van der Waals surface area (Å²) in [5.74, 6) is -0.333. The van der Waals surface area contributed by atoms with Gasteiger partial charge >= 0.3 is 11.9 Å². The first-order valence-corrected chi connectivity index (χ1v) is 12.5. The van der Waals surface area contributed by atoms with Crippen LogP contribution in [0, 0.1) is 0 Å². The van der Waals surface area contributed by atoms with Gasteiger partial charge in [-0.25, -0.2) is 9.59 Å². The molecule has 1 N–H and O–H groups in total. The molecule has 0 spiro atoms. The van der Waals surface area contributed by atoms with Gasteiger partial charge in [-0.2, -0.15) is 0 Å². The summed E-state index contributed by atoms with van der Waals surface area (Å²) in [6.45, 7) is 0.217. The van der Waals surface area contributed by atoms with Crippen LogP contribution in [-0.2, 0) is 16.0 Å². The fourth-order valence-corrected chi connectivity index (χ4v) is 5.01. The molecule has 0 bridgehead atoms. The largest absolute Gasteiger partial charge is 0.493 e. The maximum Gasteiger partial charge on any atom is 0.345 e. The number of methoxy groups -OCH3 is 2. The van der Waals surface area contributed by atoms with Gasteiger partial charge in [-0.05, 0) is 52.6 Å². The lowest BCUT2D eigenvalue weighted by Gasteiger charge is -2.18. The lowest BCUT2D eigenvalue weighted by molar-refractivity contribution is -0.145. The number of carboxylic acid groups (broad SMARTS) is 1. The molecule has 0 saturated carbocycles. The van der Waals surface area contributed by atoms with Gasteiger partial charge in [0.15, 0.2) is 17.6 Å². The van der Waals surface area contributed by atoms with Crippen molar-refractivity contribution in [2.45, 2.75) is 18.4 Å². The van der Waals surface area contributed by atoms with Crippen molar-refractivity contribution in [3.63, 3.8) is 0 Å². The van der Waals surface area contributed by atoms with Crippen molar-refractivity contribution < 1.29 is 33.6 Å². The smallest absolute Gasteiger partial charge is 0.345 e. The van der Waals surface area contributed by atoms with Crippen molar-refractivity contribution in [1.29, 1.82) is 0 Å². The van der Waals surface area contributed by atoms with E-state index in [0.717, 1.165) is 22.3 Å². The summed E-state index contributed by atoms with van der Waals surface area (Å²) in [5.41, 5.74) is 5.60. The van der Waals surface area contributed by atoms with Crippen molar-refractivity contribution in [3.8, 4) is 28.4 Å². The maximum absolute atomic E-state index is 12.9. The zero-order valence-electron chi connectivity index (χ0n) is 21.6. The van der Waals surface area contributed by atoms with Gasteiger partial charge in [-0.3, -0.25) is 0 Å². The van der Waals surface area contributed by atoms with Gasteiger partial charge < -0.3 is 24.1 Å². The lowest BCUT2D eigenvalue weighted by Crippen LogP contribution is -2.29. The molecule has 198 valence electrons. The number of rotatable bonds is 10. The van der Waals surface area contributed by atoms with Crippen molar-refractivity contribution >= 4 is 11.9 Å². The Morgan fingerprint density at radius 1 is 0.795 bits per heavy atom. The number of carbonyl (C=O) groups excluding carboxylic acids is 1. The van der Waals surface area contributed by atoms with E-state index in [9.17, 15) is 14.7 Å². The molecule has 0 saturated heterocycles. The van der Waals surface area contributed by atoms with Crippen LogP contribution in [0.1, 0.15) is 33.0 Å². The average molecular weight is 525 g/mol. The molecular formula is C32H28O7. The molecule has 1 aliphatic carbocycles. The molecule has 7 heteroatoms. The minimum Gasteiger partial charge on any atom is -0.493 e. The molecule has 0 aliphatic heterocycles. The van der Waals surface area contributed by atoms with E-state index >= 15 is 0 Å². The second kappa shape index (κ2) is 11.3. The van der Waals surface area contributed by atoms with Crippen molar-refractivity contribution in [2.75, 3.05) is 20.8 Å². The van der Waals surface area contributed by atoms with Gasteiger partial charge in [-0.15, -0.1) is 0 Å². The number of para-hydroxylation sites is 1. The highest BCUT2D eigenvalue weighted by atomic mass is 16.5. The third-order valence-electron chi connectivity index (χ3n) is 6.88. The zero-order chi connectivity index (χ0) is 27.4. The number of carbonyl (C=O) groups is 2. The van der Waals surface area contributed by atoms with Crippen molar-refractivity contribution in [2.24, 2.45) is 0 Å². The monoisotopic (exact) mass is 524 g/mol. The van der Waals surface area contributed by atoms with Gasteiger partial charge in [0, 0.05) is 17.9 Å². The number of hydrogen-bond donors (Lipinski definition) is 1. The topological polar surface area (TPSA) is 91.3 Å². The zero-order valence-corrected chi connectivity index (χ0v) is 21.6. The third kappa shape index (κ3) is 5.29. The van der Waals surface area contributed by atoms with Gasteiger partial charge in [0.05, 0.1) is 19.8 Å². The number of ether oxygens (including phenoxy) is 4. The minimum atomic E-state index is -1.17. The fourth-order valence-electron chi connectivity index (χ4n) is 5.01. The van der Waals surface area contributed by atoms with Crippen LogP contribution < -0.4 is 14.2 Å². The Kier molecular flexibility index (Phi) is 7.50. The second-order valence-electron chi connectivity index (χ2n) is 9.15. The molecular weight excluding hydrogens is 496 g/mol. The minimum absolute atomic E-state index is 0.0334. The van der Waals surface area contributed by atoms with E-state index in [1.807, 2.05) is 24.3 Å². The molecule has 4 aromatic rings. The van der Waals surface area contributed by atoms with Gasteiger partial charge in [0.1, 0.15) is 12.4 Å². The summed E-state index contributed by atoms with van der Waals surface area (Å²) in [6, 6.07) is 27.8. The van der Waals surface area contributed by atoms with E-state index < -0.39 is 18.0 Å². The molecule has 39 heavy (non-hydrogen) atoms. The van der Waals surface area contributed by atoms with E-state index in [0.29, 0.717) is 28.4 Å². The van der Waals surface area contributed by atoms with Crippen molar-refractivity contribution in [3.05, 3.63) is 113 Å². The molecule has 0 aromatic heterocycles. The van der Waals surface area contributed by atoms with Gasteiger partial charge in [0.2, 0.25) is 0 Å². The molecule has 0 radical (unpaired) electrons. The second-order valence-corrected chi connectivity index (χ2v) is 9.15. The molecule has 5 rings (SSSR count). The fraction of sp³-hybridized carbons (Fsp3) is 0.188. The Hall–Kier alpha value is -4.78. The van der Waals surface area contributed by atoms with E-state index in [-0.39, 0.29) is 18.9 Å². The van der Waals surface area contributed by atoms with Crippen LogP contribution in [0.4, 0.5) is 0 Å². The van der Waals surface area contributed by atoms with E-state index in [1.165, 1.54) is 14.2 Å². The Bertz CT molecular complexity index is 1450. The van der Waals surface area contributed by atoms with Crippen LogP contribution in [0.15, 0.2) is 91.0 Å². The van der Waals surface area contributed by atoms with Gasteiger partial charge in [-0.1, -0.05) is 60.7 Å². The first-order valence-electron chi connectivity index (χ1n) is 12.5. The molecule has 7 nitrogen and oxygen atoms in total. The standard InChI is InChI=1S/C32H28O7/c1-36-28-13-7-8-21(30(28)37-2)18-29(31(33)34)39-22-16-14-20(15-17-22)32(35)38-19-27-25-11-5-3-9-23(25)24-10-4-6-12-26(24)27/h3-17,27,29H,18-19H2,1-2H3,(H,33,34). The summed E-state index contributed by atoms with van der Waals surface area (Å²) in [6.07, 6.45) is -1.12. The number of benzene rings is 4. The molecule has 0 amide bonds. The number of esters is 1. The summed E-state index contributed by atoms with van der Waals surface area (Å²) in [4.78, 5) is 24.8. The van der Waals surface area contributed by atoms with Crippen LogP contribution in [0.3, 0.4) is 0 Å². The number of fused-ring (bicyclic) bond motifs is 3. The summed E-state index contributed by atoms with van der Waals surface area (Å²) in [5, 5.41) is 9.77. The maximum atomic E-state index is 12.9. The Balaban J connectivity index is 1.25. The molecule has 1 aliphatic rings. The Morgan fingerprint density at radius 2 is 1.44 bits per heavy atom. The molecule has 0 heterocycles. The molecule has 4 aromatic carbocycles. The molecule has 1 atom stereocenters. The average Bonchev–Trinajstić information content (AvgIpc) is 3.29. The predicted molar refractivity (Wildman–Crippen MR) is 146 cm³/mol.